The van der Waals surface area contributed by atoms with Gasteiger partial charge in [0.25, 0.3) is 0 Å². The van der Waals surface area contributed by atoms with Crippen molar-refractivity contribution in [2.24, 2.45) is 0 Å². The van der Waals surface area contributed by atoms with E-state index in [2.05, 4.69) is 4.98 Å². The summed E-state index contributed by atoms with van der Waals surface area (Å²) in [4.78, 5) is 6.35. The van der Waals surface area contributed by atoms with Crippen molar-refractivity contribution in [3.8, 4) is 17.0 Å². The smallest absolute Gasteiger partial charge is 0.235 e. The summed E-state index contributed by atoms with van der Waals surface area (Å²) < 4.78 is 31.4. The summed E-state index contributed by atoms with van der Waals surface area (Å²) >= 11 is 1.38. The second-order valence-corrected chi connectivity index (χ2v) is 11.0. The van der Waals surface area contributed by atoms with E-state index in [-0.39, 0.29) is 23.9 Å². The number of aliphatic hydroxyl groups excluding tert-OH is 1. The van der Waals surface area contributed by atoms with Crippen LogP contribution in [0.1, 0.15) is 17.8 Å². The van der Waals surface area contributed by atoms with Gasteiger partial charge in [-0.25, -0.2) is 13.4 Å². The van der Waals surface area contributed by atoms with Crippen LogP contribution in [0, 0.1) is 5.41 Å². The minimum Gasteiger partial charge on any atom is -0.510 e. The Bertz CT molecular complexity index is 1360. The second-order valence-electron chi connectivity index (χ2n) is 8.13. The van der Waals surface area contributed by atoms with Crippen LogP contribution in [0.2, 0.25) is 0 Å². The lowest BCUT2D eigenvalue weighted by Crippen LogP contribution is -2.37. The molecular formula is C24H24N4O4S2. The number of methoxy groups -OCH3 is 1. The molecule has 1 fully saturated rings. The lowest BCUT2D eigenvalue weighted by atomic mass is 10.1. The molecule has 34 heavy (non-hydrogen) atoms. The molecule has 0 atom stereocenters. The van der Waals surface area contributed by atoms with Crippen LogP contribution in [0.15, 0.2) is 59.7 Å². The molecule has 2 aliphatic rings. The normalized spacial score (nSPS) is 18.0. The topological polar surface area (TPSA) is 107 Å². The maximum atomic E-state index is 12.4. The number of hydrogen-bond acceptors (Lipinski definition) is 7. The van der Waals surface area contributed by atoms with Crippen LogP contribution in [0.5, 0.6) is 5.75 Å². The Labute approximate surface area is 202 Å². The zero-order chi connectivity index (χ0) is 23.9. The van der Waals surface area contributed by atoms with Gasteiger partial charge in [0.1, 0.15) is 22.4 Å². The minimum absolute atomic E-state index is 0.0864. The first kappa shape index (κ1) is 22.4. The van der Waals surface area contributed by atoms with Crippen molar-refractivity contribution in [1.29, 1.82) is 5.41 Å². The average molecular weight is 497 g/mol. The lowest BCUT2D eigenvalue weighted by Gasteiger charge is -2.28. The third-order valence-electron chi connectivity index (χ3n) is 6.01. The van der Waals surface area contributed by atoms with Gasteiger partial charge in [-0.05, 0) is 61.4 Å². The molecule has 0 spiro atoms. The summed E-state index contributed by atoms with van der Waals surface area (Å²) in [6.07, 6.45) is 1.53. The number of benzene rings is 2. The third-order valence-corrected chi connectivity index (χ3v) is 8.73. The summed E-state index contributed by atoms with van der Waals surface area (Å²) in [6, 6.07) is 14.7. The van der Waals surface area contributed by atoms with Gasteiger partial charge in [0.2, 0.25) is 10.0 Å². The van der Waals surface area contributed by atoms with E-state index in [1.54, 1.807) is 36.3 Å². The molecule has 10 heteroatoms. The molecular weight excluding hydrogens is 472 g/mol. The zero-order valence-electron chi connectivity index (χ0n) is 18.6. The molecule has 0 bridgehead atoms. The minimum atomic E-state index is -3.28. The van der Waals surface area contributed by atoms with Gasteiger partial charge < -0.3 is 14.7 Å². The first-order chi connectivity index (χ1) is 16.4. The number of sulfonamides is 1. The van der Waals surface area contributed by atoms with Crippen LogP contribution in [-0.4, -0.2) is 50.3 Å². The standard InChI is InChI=1S/C24H24N4O4S2/c1-32-19-10-4-16(5-11-19)20-15-33-24(26-20)22-21(29)14-27(23(22)25)17-6-8-18(9-7-17)28-12-2-3-13-34(28,30)31/h4-11,15,25,29H,2-3,12-14H2,1H3. The number of ether oxygens (including phenoxy) is 1. The van der Waals surface area contributed by atoms with Crippen molar-refractivity contribution in [2.75, 3.05) is 35.2 Å². The number of thiazole rings is 1. The van der Waals surface area contributed by atoms with Gasteiger partial charge in [0.15, 0.2) is 0 Å². The fourth-order valence-corrected chi connectivity index (χ4v) is 6.72. The predicted molar refractivity (Wildman–Crippen MR) is 136 cm³/mol. The highest BCUT2D eigenvalue weighted by atomic mass is 32.2. The van der Waals surface area contributed by atoms with Crippen molar-refractivity contribution < 1.29 is 18.3 Å². The Morgan fingerprint density at radius 1 is 1.06 bits per heavy atom. The summed E-state index contributed by atoms with van der Waals surface area (Å²) in [6.45, 7) is 0.640. The molecule has 3 aromatic rings. The Morgan fingerprint density at radius 2 is 1.76 bits per heavy atom. The maximum absolute atomic E-state index is 12.4. The highest BCUT2D eigenvalue weighted by Gasteiger charge is 2.32. The Hall–Kier alpha value is -3.37. The molecule has 0 radical (unpaired) electrons. The summed E-state index contributed by atoms with van der Waals surface area (Å²) in [5.74, 6) is 1.17. The van der Waals surface area contributed by atoms with E-state index in [4.69, 9.17) is 10.1 Å². The highest BCUT2D eigenvalue weighted by molar-refractivity contribution is 7.92. The van der Waals surface area contributed by atoms with Crippen LogP contribution in [0.25, 0.3) is 16.8 Å². The SMILES string of the molecule is COc1ccc(-c2csc(C3=C(O)CN(c4ccc(N5CCCCS5(=O)=O)cc4)C3=N)n2)cc1. The van der Waals surface area contributed by atoms with Crippen LogP contribution >= 0.6 is 11.3 Å². The van der Waals surface area contributed by atoms with Gasteiger partial charge in [0.05, 0.1) is 36.4 Å². The molecule has 0 unspecified atom stereocenters. The Morgan fingerprint density at radius 3 is 2.44 bits per heavy atom. The fraction of sp³-hybridized carbons (Fsp3) is 0.250. The van der Waals surface area contributed by atoms with Crippen molar-refractivity contribution >= 4 is 44.1 Å². The first-order valence-corrected chi connectivity index (χ1v) is 13.4. The van der Waals surface area contributed by atoms with Crippen LogP contribution in [-0.2, 0) is 10.0 Å². The molecule has 3 heterocycles. The Balaban J connectivity index is 1.35. The number of nitrogens with one attached hydrogen (secondary N) is 1. The number of anilines is 2. The van der Waals surface area contributed by atoms with E-state index in [1.165, 1.54) is 15.6 Å². The summed E-state index contributed by atoms with van der Waals surface area (Å²) in [5.41, 5.74) is 3.43. The average Bonchev–Trinajstić information content (AvgIpc) is 3.43. The highest BCUT2D eigenvalue weighted by Crippen LogP contribution is 2.35. The van der Waals surface area contributed by atoms with E-state index < -0.39 is 10.0 Å². The van der Waals surface area contributed by atoms with Gasteiger partial charge in [-0.3, -0.25) is 9.71 Å². The molecule has 5 rings (SSSR count). The van der Waals surface area contributed by atoms with E-state index in [9.17, 15) is 13.5 Å². The van der Waals surface area contributed by atoms with Crippen molar-refractivity contribution in [3.05, 3.63) is 64.7 Å². The second kappa shape index (κ2) is 8.77. The molecule has 176 valence electrons. The first-order valence-electron chi connectivity index (χ1n) is 10.9. The van der Waals surface area contributed by atoms with E-state index in [0.29, 0.717) is 34.9 Å². The van der Waals surface area contributed by atoms with Gasteiger partial charge in [-0.2, -0.15) is 0 Å². The monoisotopic (exact) mass is 496 g/mol. The number of aromatic nitrogens is 1. The number of nitrogens with zero attached hydrogens (tertiary/aromatic N) is 3. The maximum Gasteiger partial charge on any atom is 0.235 e. The largest absolute Gasteiger partial charge is 0.510 e. The fourth-order valence-electron chi connectivity index (χ4n) is 4.19. The van der Waals surface area contributed by atoms with Crippen LogP contribution in [0.3, 0.4) is 0 Å². The van der Waals surface area contributed by atoms with Gasteiger partial charge >= 0.3 is 0 Å². The molecule has 2 N–H and O–H groups in total. The molecule has 0 amide bonds. The van der Waals surface area contributed by atoms with Crippen LogP contribution in [0.4, 0.5) is 11.4 Å². The van der Waals surface area contributed by atoms with Gasteiger partial charge in [0, 0.05) is 23.2 Å². The molecule has 8 nitrogen and oxygen atoms in total. The van der Waals surface area contributed by atoms with E-state index in [0.717, 1.165) is 23.4 Å². The number of hydrogen-bond donors (Lipinski definition) is 2. The Kier molecular flexibility index (Phi) is 5.78. The predicted octanol–water partition coefficient (Wildman–Crippen LogP) is 4.52. The molecule has 0 saturated carbocycles. The van der Waals surface area contributed by atoms with Crippen LogP contribution < -0.4 is 13.9 Å². The quantitative estimate of drug-likeness (QED) is 0.538. The summed E-state index contributed by atoms with van der Waals surface area (Å²) in [7, 11) is -1.67. The molecule has 2 aliphatic heterocycles. The number of amidine groups is 1. The van der Waals surface area contributed by atoms with Crippen molar-refractivity contribution in [2.45, 2.75) is 12.8 Å². The van der Waals surface area contributed by atoms with Gasteiger partial charge in [-0.1, -0.05) is 0 Å². The van der Waals surface area contributed by atoms with Crippen molar-refractivity contribution in [3.63, 3.8) is 0 Å². The van der Waals surface area contributed by atoms with Gasteiger partial charge in [-0.15, -0.1) is 11.3 Å². The van der Waals surface area contributed by atoms with E-state index in [1.807, 2.05) is 29.6 Å². The molecule has 1 saturated heterocycles. The lowest BCUT2D eigenvalue weighted by molar-refractivity contribution is 0.411. The number of rotatable bonds is 5. The number of aliphatic hydroxyl groups is 1. The van der Waals surface area contributed by atoms with E-state index >= 15 is 0 Å². The molecule has 2 aromatic carbocycles. The molecule has 1 aromatic heterocycles. The summed E-state index contributed by atoms with van der Waals surface area (Å²) in [5, 5.41) is 21.9. The third kappa shape index (κ3) is 4.03. The zero-order valence-corrected chi connectivity index (χ0v) is 20.2. The van der Waals surface area contributed by atoms with Crippen molar-refractivity contribution in [1.82, 2.24) is 4.98 Å². The molecule has 0 aliphatic carbocycles.